The van der Waals surface area contributed by atoms with Gasteiger partial charge in [0.25, 0.3) is 5.91 Å². The van der Waals surface area contributed by atoms with Gasteiger partial charge in [-0.3, -0.25) is 9.59 Å². The standard InChI is InChI=1S/C18H17NO3/c20-17(13-6-7-13)12-22-16-10-8-14(9-11-16)18(21)19-15-4-2-1-3-5-15/h1-5,8-11,13H,6-7,12H2,(H,19,21). The van der Waals surface area contributed by atoms with Gasteiger partial charge in [-0.25, -0.2) is 0 Å². The molecule has 0 spiro atoms. The largest absolute Gasteiger partial charge is 0.486 e. The molecule has 4 nitrogen and oxygen atoms in total. The van der Waals surface area contributed by atoms with Crippen molar-refractivity contribution in [2.45, 2.75) is 12.8 Å². The molecule has 1 N–H and O–H groups in total. The number of carbonyl (C=O) groups excluding carboxylic acids is 2. The van der Waals surface area contributed by atoms with Crippen LogP contribution in [0, 0.1) is 5.92 Å². The molecule has 1 amide bonds. The third-order valence-electron chi connectivity index (χ3n) is 3.56. The fourth-order valence-corrected chi connectivity index (χ4v) is 2.10. The van der Waals surface area contributed by atoms with Crippen LogP contribution in [0.2, 0.25) is 0 Å². The number of rotatable bonds is 6. The van der Waals surface area contributed by atoms with E-state index < -0.39 is 0 Å². The van der Waals surface area contributed by atoms with Crippen LogP contribution in [-0.2, 0) is 4.79 Å². The number of benzene rings is 2. The molecule has 4 heteroatoms. The monoisotopic (exact) mass is 295 g/mol. The smallest absolute Gasteiger partial charge is 0.255 e. The number of hydrogen-bond acceptors (Lipinski definition) is 3. The van der Waals surface area contributed by atoms with E-state index in [0.717, 1.165) is 18.5 Å². The third-order valence-corrected chi connectivity index (χ3v) is 3.56. The van der Waals surface area contributed by atoms with Crippen LogP contribution in [0.4, 0.5) is 5.69 Å². The lowest BCUT2D eigenvalue weighted by Gasteiger charge is -2.07. The predicted molar refractivity (Wildman–Crippen MR) is 84.1 cm³/mol. The summed E-state index contributed by atoms with van der Waals surface area (Å²) >= 11 is 0. The summed E-state index contributed by atoms with van der Waals surface area (Å²) in [6.07, 6.45) is 1.97. The minimum atomic E-state index is -0.174. The summed E-state index contributed by atoms with van der Waals surface area (Å²) in [6.45, 7) is 0.111. The number of amides is 1. The first-order valence-electron chi connectivity index (χ1n) is 7.34. The quantitative estimate of drug-likeness (QED) is 0.889. The second kappa shape index (κ2) is 6.43. The average Bonchev–Trinajstić information content (AvgIpc) is 3.39. The molecule has 1 aliphatic rings. The second-order valence-electron chi connectivity index (χ2n) is 5.37. The lowest BCUT2D eigenvalue weighted by atomic mass is 10.2. The van der Waals surface area contributed by atoms with Crippen molar-refractivity contribution in [2.75, 3.05) is 11.9 Å². The molecule has 2 aromatic carbocycles. The zero-order valence-corrected chi connectivity index (χ0v) is 12.1. The molecule has 112 valence electrons. The van der Waals surface area contributed by atoms with Crippen molar-refractivity contribution < 1.29 is 14.3 Å². The number of Topliss-reactive ketones (excluding diaryl/α,β-unsaturated/α-hetero) is 1. The SMILES string of the molecule is O=C(Nc1ccccc1)c1ccc(OCC(=O)C2CC2)cc1. The zero-order valence-electron chi connectivity index (χ0n) is 12.1. The van der Waals surface area contributed by atoms with E-state index in [1.54, 1.807) is 24.3 Å². The van der Waals surface area contributed by atoms with Gasteiger partial charge in [-0.05, 0) is 49.2 Å². The van der Waals surface area contributed by atoms with Gasteiger partial charge in [-0.1, -0.05) is 18.2 Å². The number of nitrogens with one attached hydrogen (secondary N) is 1. The summed E-state index contributed by atoms with van der Waals surface area (Å²) in [7, 11) is 0. The minimum Gasteiger partial charge on any atom is -0.486 e. The summed E-state index contributed by atoms with van der Waals surface area (Å²) in [5.74, 6) is 0.791. The maximum Gasteiger partial charge on any atom is 0.255 e. The first kappa shape index (κ1) is 14.3. The fourth-order valence-electron chi connectivity index (χ4n) is 2.10. The second-order valence-corrected chi connectivity index (χ2v) is 5.37. The first-order chi connectivity index (χ1) is 10.7. The Balaban J connectivity index is 1.56. The summed E-state index contributed by atoms with van der Waals surface area (Å²) in [6, 6.07) is 16.1. The number of ketones is 1. The van der Waals surface area contributed by atoms with Gasteiger partial charge in [0.2, 0.25) is 0 Å². The number of hydrogen-bond donors (Lipinski definition) is 1. The number of ether oxygens (including phenoxy) is 1. The van der Waals surface area contributed by atoms with E-state index in [2.05, 4.69) is 5.32 Å². The molecule has 0 heterocycles. The van der Waals surface area contributed by atoms with E-state index in [1.165, 1.54) is 0 Å². The van der Waals surface area contributed by atoms with Crippen molar-refractivity contribution in [3.05, 3.63) is 60.2 Å². The van der Waals surface area contributed by atoms with Gasteiger partial charge in [0.05, 0.1) is 0 Å². The average molecular weight is 295 g/mol. The minimum absolute atomic E-state index is 0.111. The highest BCUT2D eigenvalue weighted by molar-refractivity contribution is 6.04. The predicted octanol–water partition coefficient (Wildman–Crippen LogP) is 3.30. The van der Waals surface area contributed by atoms with E-state index in [1.807, 2.05) is 30.3 Å². The molecule has 0 aromatic heterocycles. The van der Waals surface area contributed by atoms with Crippen molar-refractivity contribution in [2.24, 2.45) is 5.92 Å². The van der Waals surface area contributed by atoms with E-state index in [0.29, 0.717) is 11.3 Å². The number of para-hydroxylation sites is 1. The van der Waals surface area contributed by atoms with Crippen molar-refractivity contribution in [3.8, 4) is 5.75 Å². The Labute approximate surface area is 129 Å². The zero-order chi connectivity index (χ0) is 15.4. The molecular formula is C18H17NO3. The Morgan fingerprint density at radius 3 is 2.32 bits per heavy atom. The number of anilines is 1. The van der Waals surface area contributed by atoms with Gasteiger partial charge in [0, 0.05) is 17.2 Å². The highest BCUT2D eigenvalue weighted by atomic mass is 16.5. The maximum atomic E-state index is 12.1. The Bertz CT molecular complexity index is 660. The molecule has 0 unspecified atom stereocenters. The normalized spacial score (nSPS) is 13.5. The van der Waals surface area contributed by atoms with E-state index in [4.69, 9.17) is 4.74 Å². The molecule has 0 atom stereocenters. The first-order valence-corrected chi connectivity index (χ1v) is 7.34. The lowest BCUT2D eigenvalue weighted by Crippen LogP contribution is -2.13. The molecule has 0 saturated heterocycles. The molecule has 0 aliphatic heterocycles. The molecule has 0 bridgehead atoms. The van der Waals surface area contributed by atoms with Crippen LogP contribution in [0.1, 0.15) is 23.2 Å². The molecule has 22 heavy (non-hydrogen) atoms. The molecule has 0 radical (unpaired) electrons. The Morgan fingerprint density at radius 2 is 1.68 bits per heavy atom. The van der Waals surface area contributed by atoms with Crippen LogP contribution in [-0.4, -0.2) is 18.3 Å². The van der Waals surface area contributed by atoms with E-state index in [9.17, 15) is 9.59 Å². The highest BCUT2D eigenvalue weighted by Crippen LogP contribution is 2.29. The van der Waals surface area contributed by atoms with Crippen LogP contribution < -0.4 is 10.1 Å². The van der Waals surface area contributed by atoms with Crippen LogP contribution >= 0.6 is 0 Å². The third kappa shape index (κ3) is 3.73. The van der Waals surface area contributed by atoms with Crippen LogP contribution in [0.3, 0.4) is 0 Å². The molecule has 2 aromatic rings. The summed E-state index contributed by atoms with van der Waals surface area (Å²) < 4.78 is 5.44. The summed E-state index contributed by atoms with van der Waals surface area (Å²) in [4.78, 5) is 23.7. The topological polar surface area (TPSA) is 55.4 Å². The van der Waals surface area contributed by atoms with Gasteiger partial charge >= 0.3 is 0 Å². The van der Waals surface area contributed by atoms with E-state index >= 15 is 0 Å². The summed E-state index contributed by atoms with van der Waals surface area (Å²) in [5.41, 5.74) is 1.30. The maximum absolute atomic E-state index is 12.1. The fraction of sp³-hybridized carbons (Fsp3) is 0.222. The molecular weight excluding hydrogens is 278 g/mol. The van der Waals surface area contributed by atoms with Crippen LogP contribution in [0.5, 0.6) is 5.75 Å². The van der Waals surface area contributed by atoms with Gasteiger partial charge in [0.1, 0.15) is 12.4 Å². The van der Waals surface area contributed by atoms with Gasteiger partial charge in [-0.2, -0.15) is 0 Å². The van der Waals surface area contributed by atoms with Crippen molar-refractivity contribution in [1.82, 2.24) is 0 Å². The van der Waals surface area contributed by atoms with Gasteiger partial charge in [-0.15, -0.1) is 0 Å². The van der Waals surface area contributed by atoms with Gasteiger partial charge in [0.15, 0.2) is 5.78 Å². The lowest BCUT2D eigenvalue weighted by molar-refractivity contribution is -0.122. The van der Waals surface area contributed by atoms with Gasteiger partial charge < -0.3 is 10.1 Å². The molecule has 3 rings (SSSR count). The molecule has 1 saturated carbocycles. The van der Waals surface area contributed by atoms with Crippen LogP contribution in [0.15, 0.2) is 54.6 Å². The summed E-state index contributed by atoms with van der Waals surface area (Å²) in [5, 5.41) is 2.82. The number of carbonyl (C=O) groups is 2. The Kier molecular flexibility index (Phi) is 4.19. The Morgan fingerprint density at radius 1 is 1.00 bits per heavy atom. The van der Waals surface area contributed by atoms with Crippen molar-refractivity contribution >= 4 is 17.4 Å². The van der Waals surface area contributed by atoms with E-state index in [-0.39, 0.29) is 24.2 Å². The highest BCUT2D eigenvalue weighted by Gasteiger charge is 2.29. The molecule has 1 aliphatic carbocycles. The van der Waals surface area contributed by atoms with Crippen molar-refractivity contribution in [3.63, 3.8) is 0 Å². The van der Waals surface area contributed by atoms with Crippen LogP contribution in [0.25, 0.3) is 0 Å². The van der Waals surface area contributed by atoms with Crippen molar-refractivity contribution in [1.29, 1.82) is 0 Å². The Hall–Kier alpha value is -2.62. The molecule has 1 fully saturated rings.